The lowest BCUT2D eigenvalue weighted by molar-refractivity contribution is -0.190. The van der Waals surface area contributed by atoms with Crippen LogP contribution in [0.25, 0.3) is 0 Å². The van der Waals surface area contributed by atoms with Gasteiger partial charge in [0.25, 0.3) is 0 Å². The summed E-state index contributed by atoms with van der Waals surface area (Å²) in [5.41, 5.74) is 1.76. The summed E-state index contributed by atoms with van der Waals surface area (Å²) in [5.74, 6) is 2.85. The lowest BCUT2D eigenvalue weighted by Crippen LogP contribution is -2.60. The highest BCUT2D eigenvalue weighted by atomic mass is 14.7. The Morgan fingerprint density at radius 2 is 1.78 bits per heavy atom. The maximum Gasteiger partial charge on any atom is -0.0277 e. The molecule has 0 radical (unpaired) electrons. The van der Waals surface area contributed by atoms with E-state index in [1.165, 1.54) is 32.1 Å². The molecule has 4 unspecified atom stereocenters. The van der Waals surface area contributed by atoms with Crippen molar-refractivity contribution >= 4 is 0 Å². The molecule has 3 saturated carbocycles. The molecule has 0 N–H and O–H groups in total. The molecule has 3 rings (SSSR count). The van der Waals surface area contributed by atoms with Gasteiger partial charge in [0.05, 0.1) is 0 Å². The van der Waals surface area contributed by atoms with E-state index in [1.54, 1.807) is 0 Å². The third-order valence-electron chi connectivity index (χ3n) is 6.44. The van der Waals surface area contributed by atoms with Crippen LogP contribution in [0.2, 0.25) is 0 Å². The summed E-state index contributed by atoms with van der Waals surface area (Å²) >= 11 is 0. The zero-order valence-corrected chi connectivity index (χ0v) is 13.8. The second kappa shape index (κ2) is 4.25. The molecular formula is C18H34. The third-order valence-corrected chi connectivity index (χ3v) is 6.44. The van der Waals surface area contributed by atoms with E-state index in [-0.39, 0.29) is 0 Å². The monoisotopic (exact) mass is 250 g/mol. The molecular weight excluding hydrogens is 216 g/mol. The van der Waals surface area contributed by atoms with E-state index < -0.39 is 0 Å². The van der Waals surface area contributed by atoms with Gasteiger partial charge < -0.3 is 0 Å². The highest BCUT2D eigenvalue weighted by Gasteiger charge is 2.62. The summed E-state index contributed by atoms with van der Waals surface area (Å²) < 4.78 is 0. The Kier molecular flexibility index (Phi) is 3.40. The van der Waals surface area contributed by atoms with Gasteiger partial charge in [0.15, 0.2) is 0 Å². The van der Waals surface area contributed by atoms with Gasteiger partial charge in [-0.2, -0.15) is 0 Å². The highest BCUT2D eigenvalue weighted by Crippen LogP contribution is 2.70. The maximum atomic E-state index is 2.58. The molecule has 0 heterocycles. The van der Waals surface area contributed by atoms with Crippen molar-refractivity contribution in [3.05, 3.63) is 0 Å². The summed E-state index contributed by atoms with van der Waals surface area (Å²) in [4.78, 5) is 0. The zero-order chi connectivity index (χ0) is 13.8. The van der Waals surface area contributed by atoms with E-state index in [4.69, 9.17) is 0 Å². The first-order chi connectivity index (χ1) is 8.12. The summed E-state index contributed by atoms with van der Waals surface area (Å²) in [5, 5.41) is 0. The first-order valence-electron chi connectivity index (χ1n) is 8.12. The van der Waals surface area contributed by atoms with Crippen LogP contribution >= 0.6 is 0 Å². The van der Waals surface area contributed by atoms with Crippen LogP contribution in [0.1, 0.15) is 80.6 Å². The molecule has 0 amide bonds. The van der Waals surface area contributed by atoms with Gasteiger partial charge >= 0.3 is 0 Å². The predicted octanol–water partition coefficient (Wildman–Crippen LogP) is 5.91. The van der Waals surface area contributed by atoms with Crippen molar-refractivity contribution in [3.63, 3.8) is 0 Å². The topological polar surface area (TPSA) is 0 Å². The van der Waals surface area contributed by atoms with E-state index in [0.717, 1.165) is 17.8 Å². The Labute approximate surface area is 115 Å². The fraction of sp³-hybridized carbons (Fsp3) is 1.00. The first kappa shape index (κ1) is 14.4. The average Bonchev–Trinajstić information content (AvgIpc) is 2.12. The van der Waals surface area contributed by atoms with Crippen molar-refractivity contribution in [2.24, 2.45) is 34.0 Å². The predicted molar refractivity (Wildman–Crippen MR) is 80.6 cm³/mol. The fourth-order valence-corrected chi connectivity index (χ4v) is 6.12. The molecule has 106 valence electrons. The second-order valence-corrected chi connectivity index (χ2v) is 9.15. The Bertz CT molecular complexity index is 312. The van der Waals surface area contributed by atoms with Crippen LogP contribution in [0.15, 0.2) is 0 Å². The lowest BCUT2D eigenvalue weighted by Gasteiger charge is -2.68. The number of fused-ring (bicyclic) bond motifs is 2. The van der Waals surface area contributed by atoms with Gasteiger partial charge in [0.2, 0.25) is 0 Å². The quantitative estimate of drug-likeness (QED) is 0.581. The minimum atomic E-state index is 0.532. The number of hydrogen-bond acceptors (Lipinski definition) is 0. The van der Waals surface area contributed by atoms with Gasteiger partial charge in [0, 0.05) is 0 Å². The van der Waals surface area contributed by atoms with E-state index in [0.29, 0.717) is 16.2 Å². The standard InChI is InChI=1S/C18H34/c1-8-9-13(2)17(5,6)15-14-10-16(3,4)12-18(15,7)11-14/h13-15H,8-12H2,1-7H3. The molecule has 18 heavy (non-hydrogen) atoms. The molecule has 3 aliphatic rings. The Hall–Kier alpha value is 0. The van der Waals surface area contributed by atoms with Crippen LogP contribution in [-0.4, -0.2) is 0 Å². The van der Waals surface area contributed by atoms with Gasteiger partial charge in [-0.1, -0.05) is 61.3 Å². The highest BCUT2D eigenvalue weighted by molar-refractivity contribution is 5.11. The van der Waals surface area contributed by atoms with Crippen LogP contribution in [0.5, 0.6) is 0 Å². The molecule has 4 atom stereocenters. The molecule has 0 aromatic rings. The van der Waals surface area contributed by atoms with Crippen LogP contribution in [0.4, 0.5) is 0 Å². The van der Waals surface area contributed by atoms with Crippen molar-refractivity contribution in [2.45, 2.75) is 80.6 Å². The fourth-order valence-electron chi connectivity index (χ4n) is 6.12. The molecule has 0 spiro atoms. The number of hydrogen-bond donors (Lipinski definition) is 0. The molecule has 2 bridgehead atoms. The van der Waals surface area contributed by atoms with Gasteiger partial charge in [-0.15, -0.1) is 0 Å². The van der Waals surface area contributed by atoms with Crippen molar-refractivity contribution in [2.75, 3.05) is 0 Å². The lowest BCUT2D eigenvalue weighted by atomic mass is 9.37. The largest absolute Gasteiger partial charge is 0.0654 e. The summed E-state index contributed by atoms with van der Waals surface area (Å²) in [6.07, 6.45) is 7.15. The van der Waals surface area contributed by atoms with Crippen molar-refractivity contribution < 1.29 is 0 Å². The van der Waals surface area contributed by atoms with E-state index in [2.05, 4.69) is 48.5 Å². The SMILES string of the molecule is CCCC(C)C(C)(C)C1C2CC(C)(C)CC1(C)C2. The van der Waals surface area contributed by atoms with Crippen molar-refractivity contribution in [3.8, 4) is 0 Å². The van der Waals surface area contributed by atoms with E-state index >= 15 is 0 Å². The summed E-state index contributed by atoms with van der Waals surface area (Å²) in [6.45, 7) is 17.5. The van der Waals surface area contributed by atoms with E-state index in [1.807, 2.05) is 0 Å². The van der Waals surface area contributed by atoms with Crippen LogP contribution < -0.4 is 0 Å². The minimum absolute atomic E-state index is 0.532. The van der Waals surface area contributed by atoms with Gasteiger partial charge in [0.1, 0.15) is 0 Å². The average molecular weight is 250 g/mol. The van der Waals surface area contributed by atoms with Crippen LogP contribution in [0, 0.1) is 34.0 Å². The minimum Gasteiger partial charge on any atom is -0.0654 e. The summed E-state index contributed by atoms with van der Waals surface area (Å²) in [7, 11) is 0. The van der Waals surface area contributed by atoms with Crippen LogP contribution in [-0.2, 0) is 0 Å². The normalized spacial score (nSPS) is 40.2. The Morgan fingerprint density at radius 3 is 2.28 bits per heavy atom. The molecule has 3 fully saturated rings. The van der Waals surface area contributed by atoms with E-state index in [9.17, 15) is 0 Å². The molecule has 0 aromatic carbocycles. The van der Waals surface area contributed by atoms with Gasteiger partial charge in [-0.3, -0.25) is 0 Å². The third kappa shape index (κ3) is 2.14. The molecule has 0 aromatic heterocycles. The summed E-state index contributed by atoms with van der Waals surface area (Å²) in [6, 6.07) is 0. The first-order valence-corrected chi connectivity index (χ1v) is 8.12. The number of rotatable bonds is 4. The van der Waals surface area contributed by atoms with Crippen molar-refractivity contribution in [1.29, 1.82) is 0 Å². The maximum absolute atomic E-state index is 2.58. The Morgan fingerprint density at radius 1 is 1.17 bits per heavy atom. The second-order valence-electron chi connectivity index (χ2n) is 9.15. The van der Waals surface area contributed by atoms with Gasteiger partial charge in [-0.05, 0) is 53.3 Å². The van der Waals surface area contributed by atoms with Gasteiger partial charge in [-0.25, -0.2) is 0 Å². The van der Waals surface area contributed by atoms with Crippen molar-refractivity contribution in [1.82, 2.24) is 0 Å². The molecule has 3 aliphatic carbocycles. The smallest absolute Gasteiger partial charge is 0.0277 e. The Balaban J connectivity index is 2.16. The molecule has 0 heteroatoms. The zero-order valence-electron chi connectivity index (χ0n) is 13.8. The molecule has 0 saturated heterocycles. The molecule has 0 aliphatic heterocycles. The molecule has 0 nitrogen and oxygen atoms in total. The van der Waals surface area contributed by atoms with Crippen LogP contribution in [0.3, 0.4) is 0 Å².